The summed E-state index contributed by atoms with van der Waals surface area (Å²) in [5.41, 5.74) is 2.92. The normalized spacial score (nSPS) is 16.6. The Kier molecular flexibility index (Phi) is 4.73. The fraction of sp³-hybridized carbons (Fsp3) is 0.364. The molecule has 4 aromatic rings. The van der Waals surface area contributed by atoms with Crippen molar-refractivity contribution in [1.82, 2.24) is 24.4 Å². The molecule has 0 bridgehead atoms. The van der Waals surface area contributed by atoms with E-state index in [-0.39, 0.29) is 5.92 Å². The van der Waals surface area contributed by atoms with Crippen molar-refractivity contribution in [2.75, 3.05) is 13.1 Å². The molecule has 0 spiro atoms. The zero-order valence-electron chi connectivity index (χ0n) is 16.4. The number of aromatic amines is 1. The Hall–Kier alpha value is -2.87. The van der Waals surface area contributed by atoms with E-state index in [1.54, 1.807) is 24.3 Å². The van der Waals surface area contributed by atoms with Crippen LogP contribution in [0.2, 0.25) is 0 Å². The van der Waals surface area contributed by atoms with Crippen molar-refractivity contribution in [3.63, 3.8) is 0 Å². The summed E-state index contributed by atoms with van der Waals surface area (Å²) in [4.78, 5) is 14.1. The molecule has 30 heavy (non-hydrogen) atoms. The number of imidazole rings is 2. The third-order valence-corrected chi connectivity index (χ3v) is 5.87. The van der Waals surface area contributed by atoms with E-state index < -0.39 is 12.0 Å². The van der Waals surface area contributed by atoms with Gasteiger partial charge in [0.15, 0.2) is 0 Å². The molecular weight excluding hydrogens is 391 g/mol. The maximum Gasteiger partial charge on any atom is 0.449 e. The Morgan fingerprint density at radius 2 is 1.63 bits per heavy atom. The molecule has 1 saturated heterocycles. The highest BCUT2D eigenvalue weighted by Gasteiger charge is 2.38. The maximum absolute atomic E-state index is 13.5. The Bertz CT molecular complexity index is 1140. The maximum atomic E-state index is 13.5. The summed E-state index contributed by atoms with van der Waals surface area (Å²) in [6, 6.07) is 14.8. The lowest BCUT2D eigenvalue weighted by Crippen LogP contribution is -2.35. The molecule has 0 unspecified atom stereocenters. The number of para-hydroxylation sites is 4. The van der Waals surface area contributed by atoms with Crippen molar-refractivity contribution in [2.24, 2.45) is 5.92 Å². The number of H-pyrrole nitrogens is 1. The minimum Gasteiger partial charge on any atom is -0.341 e. The number of fused-ring (bicyclic) bond motifs is 2. The van der Waals surface area contributed by atoms with Gasteiger partial charge in [-0.2, -0.15) is 13.2 Å². The standard InChI is InChI=1S/C22H22F3N5/c23-22(24,25)21-28-18-7-3-4-8-19(18)30(21)13-15-9-11-29(12-10-15)14-20-26-16-5-1-2-6-17(16)27-20/h1-8,15H,9-14H2,(H,26,27). The van der Waals surface area contributed by atoms with Gasteiger partial charge >= 0.3 is 6.18 Å². The largest absolute Gasteiger partial charge is 0.449 e. The lowest BCUT2D eigenvalue weighted by molar-refractivity contribution is -0.147. The molecule has 2 aromatic carbocycles. The molecule has 156 valence electrons. The highest BCUT2D eigenvalue weighted by molar-refractivity contribution is 5.76. The van der Waals surface area contributed by atoms with Crippen LogP contribution in [-0.4, -0.2) is 37.5 Å². The minimum atomic E-state index is -4.46. The number of nitrogens with zero attached hydrogens (tertiary/aromatic N) is 4. The van der Waals surface area contributed by atoms with Crippen molar-refractivity contribution < 1.29 is 13.2 Å². The predicted octanol–water partition coefficient (Wildman–Crippen LogP) is 4.84. The monoisotopic (exact) mass is 413 g/mol. The summed E-state index contributed by atoms with van der Waals surface area (Å²) < 4.78 is 41.9. The van der Waals surface area contributed by atoms with Crippen LogP contribution >= 0.6 is 0 Å². The van der Waals surface area contributed by atoms with Gasteiger partial charge < -0.3 is 9.55 Å². The molecule has 0 saturated carbocycles. The first-order valence-corrected chi connectivity index (χ1v) is 10.2. The number of alkyl halides is 3. The number of hydrogen-bond acceptors (Lipinski definition) is 3. The van der Waals surface area contributed by atoms with E-state index in [9.17, 15) is 13.2 Å². The smallest absolute Gasteiger partial charge is 0.341 e. The minimum absolute atomic E-state index is 0.190. The molecule has 8 heteroatoms. The Morgan fingerprint density at radius 1 is 0.933 bits per heavy atom. The Balaban J connectivity index is 1.27. The third kappa shape index (κ3) is 3.67. The van der Waals surface area contributed by atoms with Crippen LogP contribution in [0.5, 0.6) is 0 Å². The van der Waals surface area contributed by atoms with Crippen LogP contribution in [0.15, 0.2) is 48.5 Å². The number of nitrogens with one attached hydrogen (secondary N) is 1. The van der Waals surface area contributed by atoms with Crippen LogP contribution < -0.4 is 0 Å². The third-order valence-electron chi connectivity index (χ3n) is 5.87. The van der Waals surface area contributed by atoms with Gasteiger partial charge in [-0.1, -0.05) is 24.3 Å². The molecule has 2 aromatic heterocycles. The molecule has 0 radical (unpaired) electrons. The van der Waals surface area contributed by atoms with E-state index in [1.807, 2.05) is 24.3 Å². The lowest BCUT2D eigenvalue weighted by Gasteiger charge is -2.32. The van der Waals surface area contributed by atoms with Crippen molar-refractivity contribution in [1.29, 1.82) is 0 Å². The lowest BCUT2D eigenvalue weighted by atomic mass is 9.96. The zero-order valence-corrected chi connectivity index (χ0v) is 16.4. The van der Waals surface area contributed by atoms with Crippen LogP contribution in [0.25, 0.3) is 22.1 Å². The van der Waals surface area contributed by atoms with Crippen LogP contribution in [-0.2, 0) is 19.3 Å². The van der Waals surface area contributed by atoms with Gasteiger partial charge in [0, 0.05) is 6.54 Å². The molecule has 0 atom stereocenters. The highest BCUT2D eigenvalue weighted by Crippen LogP contribution is 2.33. The van der Waals surface area contributed by atoms with Gasteiger partial charge in [-0.25, -0.2) is 9.97 Å². The Morgan fingerprint density at radius 3 is 2.37 bits per heavy atom. The van der Waals surface area contributed by atoms with Crippen LogP contribution in [0, 0.1) is 5.92 Å². The first-order valence-electron chi connectivity index (χ1n) is 10.2. The first-order chi connectivity index (χ1) is 14.5. The molecule has 0 aliphatic carbocycles. The first kappa shape index (κ1) is 19.1. The summed E-state index contributed by atoms with van der Waals surface area (Å²) in [5, 5.41) is 0. The van der Waals surface area contributed by atoms with Crippen LogP contribution in [0.4, 0.5) is 13.2 Å². The van der Waals surface area contributed by atoms with Gasteiger partial charge in [0.05, 0.1) is 28.6 Å². The van der Waals surface area contributed by atoms with E-state index in [4.69, 9.17) is 0 Å². The van der Waals surface area contributed by atoms with Gasteiger partial charge in [-0.15, -0.1) is 0 Å². The molecule has 1 N–H and O–H groups in total. The average Bonchev–Trinajstić information content (AvgIpc) is 3.30. The summed E-state index contributed by atoms with van der Waals surface area (Å²) >= 11 is 0. The van der Waals surface area contributed by atoms with Gasteiger partial charge in [0.25, 0.3) is 0 Å². The summed E-state index contributed by atoms with van der Waals surface area (Å²) in [6.07, 6.45) is -2.75. The number of hydrogen-bond donors (Lipinski definition) is 1. The van der Waals surface area contributed by atoms with Gasteiger partial charge in [-0.3, -0.25) is 4.90 Å². The van der Waals surface area contributed by atoms with Crippen LogP contribution in [0.1, 0.15) is 24.5 Å². The second-order valence-electron chi connectivity index (χ2n) is 7.95. The second-order valence-corrected chi connectivity index (χ2v) is 7.95. The van der Waals surface area contributed by atoms with E-state index in [1.165, 1.54) is 4.57 Å². The van der Waals surface area contributed by atoms with Gasteiger partial charge in [0.1, 0.15) is 5.82 Å². The molecule has 3 heterocycles. The second kappa shape index (κ2) is 7.43. The van der Waals surface area contributed by atoms with E-state index in [0.29, 0.717) is 17.6 Å². The van der Waals surface area contributed by atoms with Gasteiger partial charge in [0.2, 0.25) is 5.82 Å². The van der Waals surface area contributed by atoms with Crippen molar-refractivity contribution in [3.8, 4) is 0 Å². The predicted molar refractivity (Wildman–Crippen MR) is 109 cm³/mol. The zero-order chi connectivity index (χ0) is 20.7. The Labute approximate surface area is 171 Å². The molecule has 5 nitrogen and oxygen atoms in total. The SMILES string of the molecule is FC(F)(F)c1nc2ccccc2n1CC1CCN(Cc2nc3ccccc3[nH]2)CC1. The molecule has 1 fully saturated rings. The summed E-state index contributed by atoms with van der Waals surface area (Å²) in [5.74, 6) is 0.318. The van der Waals surface area contributed by atoms with E-state index in [0.717, 1.165) is 49.3 Å². The number of halogens is 3. The van der Waals surface area contributed by atoms with Crippen LogP contribution in [0.3, 0.4) is 0 Å². The summed E-state index contributed by atoms with van der Waals surface area (Å²) in [7, 11) is 0. The average molecular weight is 413 g/mol. The summed E-state index contributed by atoms with van der Waals surface area (Å²) in [6.45, 7) is 2.75. The quantitative estimate of drug-likeness (QED) is 0.521. The van der Waals surface area contributed by atoms with E-state index >= 15 is 0 Å². The fourth-order valence-electron chi connectivity index (χ4n) is 4.35. The number of aromatic nitrogens is 4. The van der Waals surface area contributed by atoms with Crippen molar-refractivity contribution in [3.05, 3.63) is 60.2 Å². The topological polar surface area (TPSA) is 49.7 Å². The van der Waals surface area contributed by atoms with E-state index in [2.05, 4.69) is 19.9 Å². The molecule has 1 aliphatic rings. The number of likely N-dealkylation sites (tertiary alicyclic amines) is 1. The number of piperidine rings is 1. The number of rotatable bonds is 4. The molecule has 1 aliphatic heterocycles. The molecule has 0 amide bonds. The molecular formula is C22H22F3N5. The molecule has 5 rings (SSSR count). The van der Waals surface area contributed by atoms with Gasteiger partial charge in [-0.05, 0) is 56.1 Å². The van der Waals surface area contributed by atoms with Crippen molar-refractivity contribution >= 4 is 22.1 Å². The highest BCUT2D eigenvalue weighted by atomic mass is 19.4. The fourth-order valence-corrected chi connectivity index (χ4v) is 4.35. The van der Waals surface area contributed by atoms with Crippen molar-refractivity contribution in [2.45, 2.75) is 32.1 Å². The number of benzene rings is 2.